The molecule has 94 valence electrons. The van der Waals surface area contributed by atoms with Gasteiger partial charge in [-0.25, -0.2) is 8.42 Å². The van der Waals surface area contributed by atoms with Gasteiger partial charge in [-0.2, -0.15) is 0 Å². The van der Waals surface area contributed by atoms with Crippen LogP contribution in [0.4, 0.5) is 0 Å². The Morgan fingerprint density at radius 1 is 1.29 bits per heavy atom. The van der Waals surface area contributed by atoms with Crippen molar-refractivity contribution in [2.45, 2.75) is 25.3 Å². The molecular weight excluding hydrogens is 238 g/mol. The quantitative estimate of drug-likeness (QED) is 0.883. The minimum atomic E-state index is -3.25. The van der Waals surface area contributed by atoms with Gasteiger partial charge in [0.05, 0.1) is 4.90 Å². The van der Waals surface area contributed by atoms with Gasteiger partial charge in [0.2, 0.25) is 5.91 Å². The number of hydrogen-bond donors (Lipinski definition) is 1. The van der Waals surface area contributed by atoms with Crippen LogP contribution in [0.3, 0.4) is 0 Å². The van der Waals surface area contributed by atoms with Gasteiger partial charge in [0.1, 0.15) is 0 Å². The van der Waals surface area contributed by atoms with E-state index in [1.54, 1.807) is 38.1 Å². The molecule has 0 spiro atoms. The SMILES string of the molecule is CC(C)C(=O)NCc1ccccc1S(C)(=O)=O. The summed E-state index contributed by atoms with van der Waals surface area (Å²) in [7, 11) is -3.25. The molecule has 0 saturated heterocycles. The van der Waals surface area contributed by atoms with Crippen LogP contribution in [0.15, 0.2) is 29.2 Å². The van der Waals surface area contributed by atoms with E-state index in [1.165, 1.54) is 0 Å². The summed E-state index contributed by atoms with van der Waals surface area (Å²) in [4.78, 5) is 11.7. The fraction of sp³-hybridized carbons (Fsp3) is 0.417. The largest absolute Gasteiger partial charge is 0.352 e. The Hall–Kier alpha value is -1.36. The van der Waals surface area contributed by atoms with Crippen molar-refractivity contribution in [3.8, 4) is 0 Å². The van der Waals surface area contributed by atoms with E-state index in [2.05, 4.69) is 5.32 Å². The molecule has 0 aliphatic carbocycles. The maximum absolute atomic E-state index is 11.5. The van der Waals surface area contributed by atoms with Crippen LogP contribution in [0.5, 0.6) is 0 Å². The number of benzene rings is 1. The molecule has 1 aromatic carbocycles. The Bertz CT molecular complexity index is 506. The second-order valence-electron chi connectivity index (χ2n) is 4.25. The highest BCUT2D eigenvalue weighted by molar-refractivity contribution is 7.90. The van der Waals surface area contributed by atoms with Gasteiger partial charge in [0.15, 0.2) is 9.84 Å². The van der Waals surface area contributed by atoms with Crippen molar-refractivity contribution in [3.05, 3.63) is 29.8 Å². The summed E-state index contributed by atoms with van der Waals surface area (Å²) in [5, 5.41) is 2.71. The zero-order chi connectivity index (χ0) is 13.1. The highest BCUT2D eigenvalue weighted by Gasteiger charge is 2.13. The van der Waals surface area contributed by atoms with Crippen molar-refractivity contribution in [1.29, 1.82) is 0 Å². The zero-order valence-electron chi connectivity index (χ0n) is 10.2. The number of carbonyl (C=O) groups is 1. The fourth-order valence-corrected chi connectivity index (χ4v) is 2.34. The predicted molar refractivity (Wildman–Crippen MR) is 66.2 cm³/mol. The van der Waals surface area contributed by atoms with Crippen molar-refractivity contribution in [2.24, 2.45) is 5.92 Å². The van der Waals surface area contributed by atoms with Crippen LogP contribution in [-0.2, 0) is 21.2 Å². The van der Waals surface area contributed by atoms with Gasteiger partial charge in [-0.1, -0.05) is 32.0 Å². The van der Waals surface area contributed by atoms with Crippen LogP contribution in [0.2, 0.25) is 0 Å². The molecule has 0 atom stereocenters. The van der Waals surface area contributed by atoms with E-state index >= 15 is 0 Å². The number of hydrogen-bond acceptors (Lipinski definition) is 3. The molecule has 4 nitrogen and oxygen atoms in total. The lowest BCUT2D eigenvalue weighted by Crippen LogP contribution is -2.27. The van der Waals surface area contributed by atoms with E-state index in [9.17, 15) is 13.2 Å². The fourth-order valence-electron chi connectivity index (χ4n) is 1.40. The minimum Gasteiger partial charge on any atom is -0.352 e. The van der Waals surface area contributed by atoms with Gasteiger partial charge in [0, 0.05) is 18.7 Å². The lowest BCUT2D eigenvalue weighted by molar-refractivity contribution is -0.124. The lowest BCUT2D eigenvalue weighted by atomic mass is 10.2. The highest BCUT2D eigenvalue weighted by atomic mass is 32.2. The Morgan fingerprint density at radius 3 is 2.41 bits per heavy atom. The van der Waals surface area contributed by atoms with Crippen LogP contribution in [0.1, 0.15) is 19.4 Å². The highest BCUT2D eigenvalue weighted by Crippen LogP contribution is 2.14. The van der Waals surface area contributed by atoms with Crippen LogP contribution in [0, 0.1) is 5.92 Å². The summed E-state index contributed by atoms with van der Waals surface area (Å²) in [5.41, 5.74) is 0.615. The van der Waals surface area contributed by atoms with Gasteiger partial charge in [-0.15, -0.1) is 0 Å². The average molecular weight is 255 g/mol. The zero-order valence-corrected chi connectivity index (χ0v) is 11.0. The second kappa shape index (κ2) is 5.31. The lowest BCUT2D eigenvalue weighted by Gasteiger charge is -2.10. The van der Waals surface area contributed by atoms with E-state index in [0.717, 1.165) is 6.26 Å². The van der Waals surface area contributed by atoms with Crippen LogP contribution in [0.25, 0.3) is 0 Å². The predicted octanol–water partition coefficient (Wildman–Crippen LogP) is 1.36. The minimum absolute atomic E-state index is 0.0895. The summed E-state index contributed by atoms with van der Waals surface area (Å²) in [6.45, 7) is 3.82. The summed E-state index contributed by atoms with van der Waals surface area (Å²) < 4.78 is 23.0. The molecule has 0 unspecified atom stereocenters. The number of carbonyl (C=O) groups excluding carboxylic acids is 1. The van der Waals surface area contributed by atoms with Gasteiger partial charge in [0.25, 0.3) is 0 Å². The Balaban J connectivity index is 2.89. The molecule has 0 fully saturated rings. The summed E-state index contributed by atoms with van der Waals surface area (Å²) in [5.74, 6) is -0.200. The van der Waals surface area contributed by atoms with Crippen molar-refractivity contribution < 1.29 is 13.2 Å². The topological polar surface area (TPSA) is 63.2 Å². The van der Waals surface area contributed by atoms with Gasteiger partial charge in [-0.3, -0.25) is 4.79 Å². The molecule has 0 aromatic heterocycles. The summed E-state index contributed by atoms with van der Waals surface area (Å²) in [6.07, 6.45) is 1.16. The molecule has 1 N–H and O–H groups in total. The van der Waals surface area contributed by atoms with Crippen molar-refractivity contribution in [3.63, 3.8) is 0 Å². The van der Waals surface area contributed by atoms with Crippen molar-refractivity contribution in [1.82, 2.24) is 5.32 Å². The van der Waals surface area contributed by atoms with E-state index in [4.69, 9.17) is 0 Å². The van der Waals surface area contributed by atoms with E-state index < -0.39 is 9.84 Å². The molecule has 1 amide bonds. The van der Waals surface area contributed by atoms with E-state index in [0.29, 0.717) is 5.56 Å². The van der Waals surface area contributed by atoms with Crippen LogP contribution >= 0.6 is 0 Å². The standard InChI is InChI=1S/C12H17NO3S/c1-9(2)12(14)13-8-10-6-4-5-7-11(10)17(3,15)16/h4-7,9H,8H2,1-3H3,(H,13,14). The van der Waals surface area contributed by atoms with Gasteiger partial charge < -0.3 is 5.32 Å². The molecule has 0 radical (unpaired) electrons. The average Bonchev–Trinajstić information content (AvgIpc) is 2.24. The molecule has 1 rings (SSSR count). The Labute approximate surface area is 102 Å². The summed E-state index contributed by atoms with van der Waals surface area (Å²) >= 11 is 0. The molecule has 0 saturated carbocycles. The second-order valence-corrected chi connectivity index (χ2v) is 6.24. The molecule has 0 heterocycles. The third-order valence-corrected chi connectivity index (χ3v) is 3.55. The molecule has 0 aliphatic heterocycles. The van der Waals surface area contributed by atoms with Crippen LogP contribution in [-0.4, -0.2) is 20.6 Å². The van der Waals surface area contributed by atoms with Crippen LogP contribution < -0.4 is 5.32 Å². The van der Waals surface area contributed by atoms with Gasteiger partial charge >= 0.3 is 0 Å². The third-order valence-electron chi connectivity index (χ3n) is 2.35. The molecular formula is C12H17NO3S. The number of nitrogens with one attached hydrogen (secondary N) is 1. The van der Waals surface area contributed by atoms with Gasteiger partial charge in [-0.05, 0) is 11.6 Å². The monoisotopic (exact) mass is 255 g/mol. The first-order chi connectivity index (χ1) is 7.82. The number of sulfone groups is 1. The molecule has 0 bridgehead atoms. The Kier molecular flexibility index (Phi) is 4.28. The van der Waals surface area contributed by atoms with Crippen molar-refractivity contribution >= 4 is 15.7 Å². The Morgan fingerprint density at radius 2 is 1.88 bits per heavy atom. The normalized spacial score (nSPS) is 11.5. The number of amides is 1. The summed E-state index contributed by atoms with van der Waals surface area (Å²) in [6, 6.07) is 6.68. The maximum atomic E-state index is 11.5. The molecule has 17 heavy (non-hydrogen) atoms. The molecule has 1 aromatic rings. The third kappa shape index (κ3) is 3.85. The first-order valence-corrected chi connectivity index (χ1v) is 7.27. The van der Waals surface area contributed by atoms with Crippen molar-refractivity contribution in [2.75, 3.05) is 6.26 Å². The molecule has 0 aliphatic rings. The first kappa shape index (κ1) is 13.7. The van der Waals surface area contributed by atoms with E-state index in [-0.39, 0.29) is 23.3 Å². The maximum Gasteiger partial charge on any atom is 0.222 e. The first-order valence-electron chi connectivity index (χ1n) is 5.38. The number of rotatable bonds is 4. The smallest absolute Gasteiger partial charge is 0.222 e. The van der Waals surface area contributed by atoms with E-state index in [1.807, 2.05) is 0 Å². The molecule has 5 heteroatoms.